The molecule has 3 heterocycles. The first-order valence-corrected chi connectivity index (χ1v) is 8.77. The number of rotatable bonds is 3. The Balaban J connectivity index is 1.87. The molecule has 0 aliphatic carbocycles. The molecule has 0 spiro atoms. The van der Waals surface area contributed by atoms with Crippen LogP contribution in [0.5, 0.6) is 0 Å². The number of likely N-dealkylation sites (N-methyl/N-ethyl adjacent to an activating group) is 2. The summed E-state index contributed by atoms with van der Waals surface area (Å²) in [6, 6.07) is 4.41. The lowest BCUT2D eigenvalue weighted by atomic mass is 9.88. The van der Waals surface area contributed by atoms with E-state index in [4.69, 9.17) is 0 Å². The summed E-state index contributed by atoms with van der Waals surface area (Å²) in [5.41, 5.74) is 3.82. The Labute approximate surface area is 149 Å². The summed E-state index contributed by atoms with van der Waals surface area (Å²) in [7, 11) is 4.13. The fraction of sp³-hybridized carbons (Fsp3) is 0.500. The van der Waals surface area contributed by atoms with E-state index in [-0.39, 0.29) is 11.0 Å². The van der Waals surface area contributed by atoms with Gasteiger partial charge in [0.15, 0.2) is 0 Å². The van der Waals surface area contributed by atoms with Gasteiger partial charge in [-0.05, 0) is 30.2 Å². The van der Waals surface area contributed by atoms with Gasteiger partial charge in [-0.1, -0.05) is 27.4 Å². The molecule has 1 saturated heterocycles. The van der Waals surface area contributed by atoms with E-state index in [1.807, 2.05) is 18.3 Å². The third kappa shape index (κ3) is 3.47. The average Bonchev–Trinajstić information content (AvgIpc) is 2.88. The van der Waals surface area contributed by atoms with Crippen molar-refractivity contribution < 1.29 is 0 Å². The van der Waals surface area contributed by atoms with Crippen molar-refractivity contribution >= 4 is 5.65 Å². The maximum atomic E-state index is 12.8. The number of hydrogen-bond acceptors (Lipinski definition) is 4. The first kappa shape index (κ1) is 17.7. The molecular formula is C20H28N4O. The summed E-state index contributed by atoms with van der Waals surface area (Å²) < 4.78 is 1.65. The molecule has 0 radical (unpaired) electrons. The summed E-state index contributed by atoms with van der Waals surface area (Å²) in [4.78, 5) is 21.8. The summed E-state index contributed by atoms with van der Waals surface area (Å²) in [5.74, 6) is 0. The Hall–Kier alpha value is -2.14. The highest BCUT2D eigenvalue weighted by molar-refractivity contribution is 5.43. The van der Waals surface area contributed by atoms with E-state index in [1.54, 1.807) is 10.6 Å². The molecule has 0 aromatic carbocycles. The van der Waals surface area contributed by atoms with Crippen molar-refractivity contribution in [3.8, 4) is 0 Å². The lowest BCUT2D eigenvalue weighted by Crippen LogP contribution is -2.35. The lowest BCUT2D eigenvalue weighted by Gasteiger charge is -2.23. The van der Waals surface area contributed by atoms with Crippen LogP contribution >= 0.6 is 0 Å². The van der Waals surface area contributed by atoms with Crippen LogP contribution in [0.25, 0.3) is 5.65 Å². The van der Waals surface area contributed by atoms with Crippen LogP contribution in [-0.4, -0.2) is 45.9 Å². The second-order valence-electron chi connectivity index (χ2n) is 8.20. The van der Waals surface area contributed by atoms with Gasteiger partial charge in [0, 0.05) is 50.7 Å². The van der Waals surface area contributed by atoms with Crippen molar-refractivity contribution in [3.63, 3.8) is 0 Å². The Morgan fingerprint density at radius 1 is 1.40 bits per heavy atom. The summed E-state index contributed by atoms with van der Waals surface area (Å²) in [6.07, 6.45) is 4.53. The Morgan fingerprint density at radius 2 is 2.12 bits per heavy atom. The van der Waals surface area contributed by atoms with Gasteiger partial charge in [0.1, 0.15) is 5.65 Å². The molecule has 134 valence electrons. The molecule has 0 unspecified atom stereocenters. The van der Waals surface area contributed by atoms with Gasteiger partial charge in [-0.2, -0.15) is 0 Å². The number of fused-ring (bicyclic) bond motifs is 1. The minimum atomic E-state index is 0.0162. The first-order valence-electron chi connectivity index (χ1n) is 8.77. The third-order valence-electron chi connectivity index (χ3n) is 5.19. The number of nitrogens with zero attached hydrogens (tertiary/aromatic N) is 4. The maximum Gasteiger partial charge on any atom is 0.262 e. The molecule has 1 aliphatic heterocycles. The van der Waals surface area contributed by atoms with Crippen molar-refractivity contribution in [2.75, 3.05) is 20.6 Å². The zero-order valence-electron chi connectivity index (χ0n) is 15.9. The van der Waals surface area contributed by atoms with Gasteiger partial charge in [-0.15, -0.1) is 0 Å². The molecule has 1 aliphatic rings. The second kappa shape index (κ2) is 6.30. The van der Waals surface area contributed by atoms with Crippen molar-refractivity contribution in [3.05, 3.63) is 58.3 Å². The second-order valence-corrected chi connectivity index (χ2v) is 8.20. The van der Waals surface area contributed by atoms with Gasteiger partial charge in [0.25, 0.3) is 5.56 Å². The minimum Gasteiger partial charge on any atom is -0.377 e. The first-order chi connectivity index (χ1) is 11.7. The molecule has 0 saturated carbocycles. The van der Waals surface area contributed by atoms with E-state index < -0.39 is 0 Å². The van der Waals surface area contributed by atoms with Crippen LogP contribution < -0.4 is 5.56 Å². The van der Waals surface area contributed by atoms with Crippen molar-refractivity contribution in [1.29, 1.82) is 0 Å². The molecule has 3 rings (SSSR count). The van der Waals surface area contributed by atoms with E-state index in [0.717, 1.165) is 24.2 Å². The monoisotopic (exact) mass is 340 g/mol. The van der Waals surface area contributed by atoms with Gasteiger partial charge in [-0.3, -0.25) is 14.1 Å². The van der Waals surface area contributed by atoms with Crippen LogP contribution in [0.3, 0.4) is 0 Å². The Kier molecular flexibility index (Phi) is 4.45. The van der Waals surface area contributed by atoms with Gasteiger partial charge >= 0.3 is 0 Å². The van der Waals surface area contributed by atoms with E-state index in [9.17, 15) is 4.79 Å². The smallest absolute Gasteiger partial charge is 0.262 e. The summed E-state index contributed by atoms with van der Waals surface area (Å²) in [6.45, 7) is 12.1. The molecule has 1 fully saturated rings. The highest BCUT2D eigenvalue weighted by Gasteiger charge is 2.26. The van der Waals surface area contributed by atoms with Gasteiger partial charge < -0.3 is 4.90 Å². The van der Waals surface area contributed by atoms with Crippen LogP contribution in [0, 0.1) is 0 Å². The molecule has 0 bridgehead atoms. The molecule has 5 heteroatoms. The van der Waals surface area contributed by atoms with Crippen molar-refractivity contribution in [2.24, 2.45) is 0 Å². The van der Waals surface area contributed by atoms with Crippen molar-refractivity contribution in [2.45, 2.75) is 45.2 Å². The largest absolute Gasteiger partial charge is 0.377 e. The SMILES string of the molecule is C=C1C[C@@H](N(C)Cc2cnc3cc(C(C)(C)C)ccn3c2=O)CN1C. The Bertz CT molecular complexity index is 862. The minimum absolute atomic E-state index is 0.0162. The zero-order valence-corrected chi connectivity index (χ0v) is 15.9. The van der Waals surface area contributed by atoms with Crippen LogP contribution in [0.2, 0.25) is 0 Å². The normalized spacial score (nSPS) is 18.6. The Morgan fingerprint density at radius 3 is 2.72 bits per heavy atom. The van der Waals surface area contributed by atoms with E-state index in [2.05, 4.69) is 56.2 Å². The van der Waals surface area contributed by atoms with Gasteiger partial charge in [0.05, 0.1) is 5.56 Å². The molecule has 2 aromatic rings. The standard InChI is InChI=1S/C20H28N4O/c1-14-9-17(13-22(14)5)23(6)12-15-11-21-18-10-16(20(2,3)4)7-8-24(18)19(15)25/h7-8,10-11,17H,1,9,12-13H2,2-6H3/t17-/m1/s1. The van der Waals surface area contributed by atoms with E-state index in [1.165, 1.54) is 5.56 Å². The fourth-order valence-corrected chi connectivity index (χ4v) is 3.32. The maximum absolute atomic E-state index is 12.8. The van der Waals surface area contributed by atoms with Crippen LogP contribution in [0.1, 0.15) is 38.3 Å². The quantitative estimate of drug-likeness (QED) is 0.861. The number of pyridine rings is 1. The summed E-state index contributed by atoms with van der Waals surface area (Å²) in [5, 5.41) is 0. The van der Waals surface area contributed by atoms with Crippen LogP contribution in [0.4, 0.5) is 0 Å². The van der Waals surface area contributed by atoms with Gasteiger partial charge in [-0.25, -0.2) is 4.98 Å². The molecule has 1 atom stereocenters. The predicted octanol–water partition coefficient (Wildman–Crippen LogP) is 2.64. The van der Waals surface area contributed by atoms with Crippen LogP contribution in [-0.2, 0) is 12.0 Å². The molecule has 5 nitrogen and oxygen atoms in total. The number of hydrogen-bond donors (Lipinski definition) is 0. The topological polar surface area (TPSA) is 40.9 Å². The van der Waals surface area contributed by atoms with Gasteiger partial charge in [0.2, 0.25) is 0 Å². The van der Waals surface area contributed by atoms with E-state index >= 15 is 0 Å². The molecule has 0 amide bonds. The third-order valence-corrected chi connectivity index (χ3v) is 5.19. The molecule has 2 aromatic heterocycles. The van der Waals surface area contributed by atoms with E-state index in [0.29, 0.717) is 18.2 Å². The van der Waals surface area contributed by atoms with Crippen molar-refractivity contribution in [1.82, 2.24) is 19.2 Å². The summed E-state index contributed by atoms with van der Waals surface area (Å²) >= 11 is 0. The zero-order chi connectivity index (χ0) is 18.4. The fourth-order valence-electron chi connectivity index (χ4n) is 3.32. The number of likely N-dealkylation sites (tertiary alicyclic amines) is 1. The molecule has 0 N–H and O–H groups in total. The highest BCUT2D eigenvalue weighted by Crippen LogP contribution is 2.23. The van der Waals surface area contributed by atoms with Crippen LogP contribution in [0.15, 0.2) is 41.6 Å². The highest BCUT2D eigenvalue weighted by atomic mass is 16.1. The predicted molar refractivity (Wildman–Crippen MR) is 102 cm³/mol. The molecule has 25 heavy (non-hydrogen) atoms. The average molecular weight is 340 g/mol. The molecular weight excluding hydrogens is 312 g/mol. The lowest BCUT2D eigenvalue weighted by molar-refractivity contribution is 0.233. The number of aromatic nitrogens is 2.